The number of thiophene rings is 1. The number of hydrogen-bond donors (Lipinski definition) is 1. The van der Waals surface area contributed by atoms with Crippen LogP contribution in [0.5, 0.6) is 0 Å². The van der Waals surface area contributed by atoms with E-state index >= 15 is 0 Å². The Morgan fingerprint density at radius 2 is 2.00 bits per heavy atom. The molecule has 7 heteroatoms. The largest absolute Gasteiger partial charge is 0.353 e. The van der Waals surface area contributed by atoms with E-state index in [1.54, 1.807) is 6.07 Å². The molecule has 1 aromatic heterocycles. The highest BCUT2D eigenvalue weighted by atomic mass is 35.7. The maximum Gasteiger partial charge on any atom is 0.270 e. The smallest absolute Gasteiger partial charge is 0.270 e. The van der Waals surface area contributed by atoms with E-state index in [1.807, 2.05) is 20.8 Å². The molecule has 0 saturated carbocycles. The van der Waals surface area contributed by atoms with Crippen molar-refractivity contribution in [2.45, 2.75) is 37.4 Å². The number of hydrogen-bond acceptors (Lipinski definition) is 4. The van der Waals surface area contributed by atoms with Crippen LogP contribution >= 0.6 is 22.0 Å². The van der Waals surface area contributed by atoms with Crippen LogP contribution < -0.4 is 5.32 Å². The van der Waals surface area contributed by atoms with Crippen LogP contribution in [-0.4, -0.2) is 20.4 Å². The van der Waals surface area contributed by atoms with E-state index in [9.17, 15) is 13.2 Å². The third kappa shape index (κ3) is 4.59. The SMILES string of the molecule is CC(C)C(C)NC(=O)Cc1ccc(S(=O)(=O)Cl)s1. The minimum Gasteiger partial charge on any atom is -0.353 e. The summed E-state index contributed by atoms with van der Waals surface area (Å²) in [6.07, 6.45) is 0.175. The number of rotatable bonds is 5. The summed E-state index contributed by atoms with van der Waals surface area (Å²) in [6, 6.07) is 3.12. The molecule has 1 unspecified atom stereocenters. The van der Waals surface area contributed by atoms with Gasteiger partial charge < -0.3 is 5.32 Å². The van der Waals surface area contributed by atoms with E-state index in [0.717, 1.165) is 11.3 Å². The van der Waals surface area contributed by atoms with Gasteiger partial charge in [-0.25, -0.2) is 8.42 Å². The Bertz CT molecular complexity index is 522. The van der Waals surface area contributed by atoms with Crippen molar-refractivity contribution in [3.05, 3.63) is 17.0 Å². The molecule has 0 aromatic carbocycles. The van der Waals surface area contributed by atoms with Crippen molar-refractivity contribution in [2.75, 3.05) is 0 Å². The fourth-order valence-electron chi connectivity index (χ4n) is 1.21. The molecule has 18 heavy (non-hydrogen) atoms. The molecule has 1 aromatic rings. The molecule has 0 radical (unpaired) electrons. The van der Waals surface area contributed by atoms with Crippen molar-refractivity contribution >= 4 is 37.0 Å². The maximum absolute atomic E-state index is 11.7. The minimum absolute atomic E-state index is 0.0730. The average Bonchev–Trinajstić information content (AvgIpc) is 2.64. The van der Waals surface area contributed by atoms with Gasteiger partial charge >= 0.3 is 0 Å². The van der Waals surface area contributed by atoms with Crippen LogP contribution in [0, 0.1) is 5.92 Å². The van der Waals surface area contributed by atoms with E-state index in [0.29, 0.717) is 10.8 Å². The molecule has 0 aliphatic heterocycles. The van der Waals surface area contributed by atoms with Gasteiger partial charge in [-0.05, 0) is 25.0 Å². The third-order valence-electron chi connectivity index (χ3n) is 2.60. The van der Waals surface area contributed by atoms with Gasteiger partial charge in [0.25, 0.3) is 9.05 Å². The number of nitrogens with one attached hydrogen (secondary N) is 1. The van der Waals surface area contributed by atoms with Crippen LogP contribution in [0.4, 0.5) is 0 Å². The van der Waals surface area contributed by atoms with Crippen LogP contribution in [0.3, 0.4) is 0 Å². The van der Waals surface area contributed by atoms with Crippen molar-refractivity contribution in [1.29, 1.82) is 0 Å². The lowest BCUT2D eigenvalue weighted by atomic mass is 10.1. The van der Waals surface area contributed by atoms with Gasteiger partial charge in [-0.3, -0.25) is 4.79 Å². The highest BCUT2D eigenvalue weighted by molar-refractivity contribution is 8.15. The molecule has 0 bridgehead atoms. The van der Waals surface area contributed by atoms with Crippen molar-refractivity contribution in [1.82, 2.24) is 5.32 Å². The molecule has 1 amide bonds. The molecule has 1 heterocycles. The second kappa shape index (κ2) is 6.04. The standard InChI is InChI=1S/C11H16ClNO3S2/c1-7(2)8(3)13-10(14)6-9-4-5-11(17-9)18(12,15)16/h4-5,7-8H,6H2,1-3H3,(H,13,14). The fraction of sp³-hybridized carbons (Fsp3) is 0.545. The van der Waals surface area contributed by atoms with Gasteiger partial charge in [0.15, 0.2) is 0 Å². The van der Waals surface area contributed by atoms with Crippen molar-refractivity contribution in [3.8, 4) is 0 Å². The van der Waals surface area contributed by atoms with E-state index in [1.165, 1.54) is 6.07 Å². The molecule has 4 nitrogen and oxygen atoms in total. The predicted molar refractivity (Wildman–Crippen MR) is 73.5 cm³/mol. The number of amides is 1. The summed E-state index contributed by atoms with van der Waals surface area (Å²) < 4.78 is 22.2. The Hall–Kier alpha value is -0.590. The lowest BCUT2D eigenvalue weighted by molar-refractivity contribution is -0.121. The fourth-order valence-corrected chi connectivity index (χ4v) is 3.34. The summed E-state index contributed by atoms with van der Waals surface area (Å²) in [6.45, 7) is 5.98. The summed E-state index contributed by atoms with van der Waals surface area (Å²) in [5, 5.41) is 2.86. The summed E-state index contributed by atoms with van der Waals surface area (Å²) in [5.41, 5.74) is 0. The van der Waals surface area contributed by atoms with Gasteiger partial charge in [0.1, 0.15) is 4.21 Å². The monoisotopic (exact) mass is 309 g/mol. The summed E-state index contributed by atoms with van der Waals surface area (Å²) in [5.74, 6) is 0.243. The molecule has 1 rings (SSSR count). The average molecular weight is 310 g/mol. The zero-order chi connectivity index (χ0) is 13.9. The van der Waals surface area contributed by atoms with Gasteiger partial charge in [0.2, 0.25) is 5.91 Å². The van der Waals surface area contributed by atoms with Crippen LogP contribution in [-0.2, 0) is 20.3 Å². The molecular weight excluding hydrogens is 294 g/mol. The third-order valence-corrected chi connectivity index (χ3v) is 5.78. The normalized spacial score (nSPS) is 13.6. The Kier molecular flexibility index (Phi) is 5.19. The van der Waals surface area contributed by atoms with Gasteiger partial charge in [-0.15, -0.1) is 11.3 Å². The summed E-state index contributed by atoms with van der Waals surface area (Å²) in [4.78, 5) is 12.4. The van der Waals surface area contributed by atoms with Crippen LogP contribution in [0.25, 0.3) is 0 Å². The highest BCUT2D eigenvalue weighted by Crippen LogP contribution is 2.25. The maximum atomic E-state index is 11.7. The molecule has 1 N–H and O–H groups in total. The first-order valence-electron chi connectivity index (χ1n) is 5.53. The summed E-state index contributed by atoms with van der Waals surface area (Å²) in [7, 11) is 1.52. The Morgan fingerprint density at radius 3 is 2.44 bits per heavy atom. The predicted octanol–water partition coefficient (Wildman–Crippen LogP) is 2.38. The lowest BCUT2D eigenvalue weighted by Gasteiger charge is -2.16. The zero-order valence-electron chi connectivity index (χ0n) is 10.4. The quantitative estimate of drug-likeness (QED) is 0.849. The van der Waals surface area contributed by atoms with Crippen LogP contribution in [0.2, 0.25) is 0 Å². The molecule has 102 valence electrons. The van der Waals surface area contributed by atoms with Crippen LogP contribution in [0.15, 0.2) is 16.3 Å². The number of halogens is 1. The van der Waals surface area contributed by atoms with E-state index in [-0.39, 0.29) is 22.6 Å². The number of carbonyl (C=O) groups excluding carboxylic acids is 1. The second-order valence-corrected chi connectivity index (χ2v) is 8.40. The second-order valence-electron chi connectivity index (χ2n) is 4.44. The molecular formula is C11H16ClNO3S2. The first kappa shape index (κ1) is 15.5. The van der Waals surface area contributed by atoms with E-state index < -0.39 is 9.05 Å². The van der Waals surface area contributed by atoms with E-state index in [2.05, 4.69) is 5.32 Å². The first-order valence-corrected chi connectivity index (χ1v) is 8.65. The zero-order valence-corrected chi connectivity index (χ0v) is 12.8. The molecule has 0 spiro atoms. The van der Waals surface area contributed by atoms with Crippen LogP contribution in [0.1, 0.15) is 25.6 Å². The Labute approximate surface area is 116 Å². The van der Waals surface area contributed by atoms with Crippen molar-refractivity contribution in [2.24, 2.45) is 5.92 Å². The molecule has 0 saturated heterocycles. The Balaban J connectivity index is 2.63. The van der Waals surface area contributed by atoms with Crippen molar-refractivity contribution in [3.63, 3.8) is 0 Å². The summed E-state index contributed by atoms with van der Waals surface area (Å²) >= 11 is 1.02. The first-order chi connectivity index (χ1) is 8.20. The van der Waals surface area contributed by atoms with Gasteiger partial charge in [-0.2, -0.15) is 0 Å². The Morgan fingerprint density at radius 1 is 1.39 bits per heavy atom. The molecule has 0 aliphatic rings. The molecule has 0 fully saturated rings. The van der Waals surface area contributed by atoms with Crippen molar-refractivity contribution < 1.29 is 13.2 Å². The molecule has 0 aliphatic carbocycles. The number of carbonyl (C=O) groups is 1. The van der Waals surface area contributed by atoms with E-state index in [4.69, 9.17) is 10.7 Å². The highest BCUT2D eigenvalue weighted by Gasteiger charge is 2.16. The van der Waals surface area contributed by atoms with Gasteiger partial charge in [0.05, 0.1) is 6.42 Å². The van der Waals surface area contributed by atoms with Gasteiger partial charge in [0, 0.05) is 21.6 Å². The minimum atomic E-state index is -3.70. The topological polar surface area (TPSA) is 63.2 Å². The van der Waals surface area contributed by atoms with Gasteiger partial charge in [-0.1, -0.05) is 13.8 Å². The lowest BCUT2D eigenvalue weighted by Crippen LogP contribution is -2.36. The molecule has 1 atom stereocenters.